The van der Waals surface area contributed by atoms with Gasteiger partial charge in [0, 0.05) is 11.8 Å². The molecule has 0 aromatic heterocycles. The lowest BCUT2D eigenvalue weighted by molar-refractivity contribution is -0.148. The molecule has 0 N–H and O–H groups in total. The summed E-state index contributed by atoms with van der Waals surface area (Å²) in [5, 5.41) is 0. The van der Waals surface area contributed by atoms with Gasteiger partial charge in [0.15, 0.2) is 0 Å². The van der Waals surface area contributed by atoms with Crippen LogP contribution in [0.5, 0.6) is 0 Å². The second-order valence-corrected chi connectivity index (χ2v) is 11.3. The number of carbonyl (C=O) groups excluding carboxylic acids is 2. The van der Waals surface area contributed by atoms with Crippen molar-refractivity contribution >= 4 is 11.8 Å². The van der Waals surface area contributed by atoms with Gasteiger partial charge in [-0.25, -0.2) is 4.79 Å². The van der Waals surface area contributed by atoms with Crippen LogP contribution >= 0.6 is 0 Å². The summed E-state index contributed by atoms with van der Waals surface area (Å²) in [6.07, 6.45) is 8.86. The molecule has 0 spiro atoms. The van der Waals surface area contributed by atoms with E-state index in [1.807, 2.05) is 30.3 Å². The molecule has 0 aliphatic heterocycles. The fraction of sp³-hybridized carbons (Fsp3) is 0.704. The highest BCUT2D eigenvalue weighted by Gasteiger charge is 2.61. The van der Waals surface area contributed by atoms with Crippen LogP contribution in [0.4, 0.5) is 0 Å². The van der Waals surface area contributed by atoms with Gasteiger partial charge >= 0.3 is 5.97 Å². The van der Waals surface area contributed by atoms with Crippen LogP contribution in [0.25, 0.3) is 0 Å². The van der Waals surface area contributed by atoms with E-state index < -0.39 is 0 Å². The topological polar surface area (TPSA) is 43.4 Å². The number of fused-ring (bicyclic) bond motifs is 5. The molecule has 0 saturated heterocycles. The lowest BCUT2D eigenvalue weighted by atomic mass is 9.44. The zero-order chi connectivity index (χ0) is 21.1. The predicted octanol–water partition coefficient (Wildman–Crippen LogP) is 6.07. The maximum Gasteiger partial charge on any atom is 0.338 e. The fourth-order valence-corrected chi connectivity index (χ4v) is 8.29. The Morgan fingerprint density at radius 3 is 2.57 bits per heavy atom. The number of hydrogen-bond acceptors (Lipinski definition) is 3. The van der Waals surface area contributed by atoms with Crippen LogP contribution in [0.3, 0.4) is 0 Å². The van der Waals surface area contributed by atoms with E-state index in [4.69, 9.17) is 4.74 Å². The zero-order valence-corrected chi connectivity index (χ0v) is 18.7. The Balaban J connectivity index is 1.33. The van der Waals surface area contributed by atoms with E-state index in [-0.39, 0.29) is 17.5 Å². The number of ketones is 1. The van der Waals surface area contributed by atoms with Crippen molar-refractivity contribution in [1.29, 1.82) is 0 Å². The summed E-state index contributed by atoms with van der Waals surface area (Å²) in [7, 11) is 0. The minimum absolute atomic E-state index is 0.0224. The molecule has 4 fully saturated rings. The van der Waals surface area contributed by atoms with Crippen molar-refractivity contribution in [2.45, 2.75) is 78.2 Å². The van der Waals surface area contributed by atoms with Crippen LogP contribution in [0, 0.1) is 40.4 Å². The molecular weight excluding hydrogens is 372 g/mol. The van der Waals surface area contributed by atoms with Gasteiger partial charge in [-0.3, -0.25) is 4.79 Å². The largest absolute Gasteiger partial charge is 0.458 e. The Labute approximate surface area is 181 Å². The van der Waals surface area contributed by atoms with Crippen molar-refractivity contribution in [3.8, 4) is 0 Å². The molecule has 0 unspecified atom stereocenters. The Kier molecular flexibility index (Phi) is 4.87. The maximum absolute atomic E-state index is 12.7. The van der Waals surface area contributed by atoms with Gasteiger partial charge in [0.25, 0.3) is 0 Å². The average molecular weight is 409 g/mol. The number of Topliss-reactive ketones (excluding diaryl/α,β-unsaturated/α-hetero) is 1. The van der Waals surface area contributed by atoms with Gasteiger partial charge in [0.1, 0.15) is 11.9 Å². The molecule has 4 aliphatic carbocycles. The first-order valence-corrected chi connectivity index (χ1v) is 12.1. The highest BCUT2D eigenvalue weighted by molar-refractivity contribution is 5.89. The van der Waals surface area contributed by atoms with E-state index in [2.05, 4.69) is 20.8 Å². The van der Waals surface area contributed by atoms with Gasteiger partial charge in [0.05, 0.1) is 5.56 Å². The zero-order valence-electron chi connectivity index (χ0n) is 18.7. The van der Waals surface area contributed by atoms with Crippen LogP contribution in [0.1, 0.15) is 82.5 Å². The minimum Gasteiger partial charge on any atom is -0.458 e. The summed E-state index contributed by atoms with van der Waals surface area (Å²) in [4.78, 5) is 25.3. The average Bonchev–Trinajstić information content (AvgIpc) is 3.04. The number of rotatable bonds is 2. The fourth-order valence-electron chi connectivity index (χ4n) is 8.29. The SMILES string of the molecule is C[C@@H]1C[C@@]2(C)[C@@H](CC[C@@H]3[C@@H]2CC[C@]2(C)C(=O)CC[C@@H]32)C[C@H]1OC(=O)c1ccccc1. The molecule has 8 atom stereocenters. The molecule has 30 heavy (non-hydrogen) atoms. The number of benzene rings is 1. The quantitative estimate of drug-likeness (QED) is 0.558. The number of carbonyl (C=O) groups is 2. The Morgan fingerprint density at radius 2 is 1.80 bits per heavy atom. The van der Waals surface area contributed by atoms with Crippen molar-refractivity contribution < 1.29 is 14.3 Å². The molecule has 1 aromatic rings. The van der Waals surface area contributed by atoms with E-state index >= 15 is 0 Å². The summed E-state index contributed by atoms with van der Waals surface area (Å²) in [5.74, 6) is 3.41. The third-order valence-corrected chi connectivity index (χ3v) is 9.96. The number of hydrogen-bond donors (Lipinski definition) is 0. The Bertz CT molecular complexity index is 832. The first-order valence-electron chi connectivity index (χ1n) is 12.1. The third kappa shape index (κ3) is 2.99. The summed E-state index contributed by atoms with van der Waals surface area (Å²) in [6, 6.07) is 9.39. The van der Waals surface area contributed by atoms with E-state index in [1.165, 1.54) is 19.3 Å². The van der Waals surface area contributed by atoms with E-state index in [0.717, 1.165) is 38.0 Å². The van der Waals surface area contributed by atoms with Gasteiger partial charge in [0.2, 0.25) is 0 Å². The van der Waals surface area contributed by atoms with Gasteiger partial charge in [-0.15, -0.1) is 0 Å². The van der Waals surface area contributed by atoms with Crippen LogP contribution in [0.15, 0.2) is 30.3 Å². The van der Waals surface area contributed by atoms with E-state index in [1.54, 1.807) is 0 Å². The van der Waals surface area contributed by atoms with Crippen LogP contribution in [-0.2, 0) is 9.53 Å². The number of ether oxygens (including phenoxy) is 1. The first-order chi connectivity index (χ1) is 14.3. The van der Waals surface area contributed by atoms with Crippen molar-refractivity contribution in [3.63, 3.8) is 0 Å². The number of esters is 1. The predicted molar refractivity (Wildman–Crippen MR) is 117 cm³/mol. The lowest BCUT2D eigenvalue weighted by Crippen LogP contribution is -2.55. The Morgan fingerprint density at radius 1 is 1.03 bits per heavy atom. The van der Waals surface area contributed by atoms with Crippen LogP contribution < -0.4 is 0 Å². The second-order valence-electron chi connectivity index (χ2n) is 11.3. The second kappa shape index (κ2) is 7.21. The molecule has 0 amide bonds. The smallest absolute Gasteiger partial charge is 0.338 e. The molecule has 1 aromatic carbocycles. The van der Waals surface area contributed by atoms with Crippen molar-refractivity contribution in [2.75, 3.05) is 0 Å². The highest BCUT2D eigenvalue weighted by atomic mass is 16.5. The first kappa shape index (κ1) is 20.3. The molecule has 5 rings (SSSR count). The van der Waals surface area contributed by atoms with Gasteiger partial charge < -0.3 is 4.74 Å². The maximum atomic E-state index is 12.7. The summed E-state index contributed by atoms with van der Waals surface area (Å²) < 4.78 is 6.04. The van der Waals surface area contributed by atoms with E-state index in [9.17, 15) is 9.59 Å². The molecule has 162 valence electrons. The van der Waals surface area contributed by atoms with Crippen molar-refractivity contribution in [1.82, 2.24) is 0 Å². The molecule has 3 heteroatoms. The van der Waals surface area contributed by atoms with E-state index in [0.29, 0.717) is 40.4 Å². The highest BCUT2D eigenvalue weighted by Crippen LogP contribution is 2.66. The standard InChI is InChI=1S/C27H36O3/c1-17-16-27(3)19(15-23(17)30-25(29)18-7-5-4-6-8-18)9-10-20-21-11-12-24(28)26(21,2)14-13-22(20)27/h4-8,17,19-23H,9-16H2,1-3H3/t17-,19+,20+,21+,22+,23-,26+,27+/m1/s1. The molecular formula is C27H36O3. The normalized spacial score (nSPS) is 45.2. The molecule has 0 radical (unpaired) electrons. The van der Waals surface area contributed by atoms with Crippen LogP contribution in [-0.4, -0.2) is 17.9 Å². The summed E-state index contributed by atoms with van der Waals surface area (Å²) >= 11 is 0. The van der Waals surface area contributed by atoms with Crippen LogP contribution in [0.2, 0.25) is 0 Å². The monoisotopic (exact) mass is 408 g/mol. The molecule has 3 nitrogen and oxygen atoms in total. The van der Waals surface area contributed by atoms with Gasteiger partial charge in [-0.05, 0) is 92.1 Å². The molecule has 0 heterocycles. The van der Waals surface area contributed by atoms with Gasteiger partial charge in [-0.1, -0.05) is 39.0 Å². The lowest BCUT2D eigenvalue weighted by Gasteiger charge is -2.61. The Hall–Kier alpha value is -1.64. The summed E-state index contributed by atoms with van der Waals surface area (Å²) in [6.45, 7) is 7.07. The molecule has 0 bridgehead atoms. The third-order valence-electron chi connectivity index (χ3n) is 9.96. The summed E-state index contributed by atoms with van der Waals surface area (Å²) in [5.41, 5.74) is 0.933. The van der Waals surface area contributed by atoms with Gasteiger partial charge in [-0.2, -0.15) is 0 Å². The minimum atomic E-state index is -0.178. The molecule has 4 saturated carbocycles. The van der Waals surface area contributed by atoms with Crippen molar-refractivity contribution in [3.05, 3.63) is 35.9 Å². The van der Waals surface area contributed by atoms with Crippen molar-refractivity contribution in [2.24, 2.45) is 40.4 Å². The molecule has 4 aliphatic rings.